The molecule has 252 valence electrons. The maximum absolute atomic E-state index is 14.3. The van der Waals surface area contributed by atoms with Crippen LogP contribution in [0.3, 0.4) is 0 Å². The molecule has 0 spiro atoms. The van der Waals surface area contributed by atoms with Crippen LogP contribution in [0.15, 0.2) is 27.4 Å². The molecule has 4 unspecified atom stereocenters. The number of nitrogens with zero attached hydrogens (tertiary/aromatic N) is 1. The van der Waals surface area contributed by atoms with Gasteiger partial charge in [0.05, 0.1) is 44.4 Å². The van der Waals surface area contributed by atoms with Crippen LogP contribution in [0, 0.1) is 0 Å². The van der Waals surface area contributed by atoms with Gasteiger partial charge in [-0.25, -0.2) is 4.79 Å². The van der Waals surface area contributed by atoms with Crippen LogP contribution in [0.4, 0.5) is 4.79 Å². The maximum Gasteiger partial charge on any atom is 0.508 e. The van der Waals surface area contributed by atoms with E-state index in [9.17, 15) is 14.4 Å². The van der Waals surface area contributed by atoms with E-state index in [4.69, 9.17) is 58.6 Å². The summed E-state index contributed by atoms with van der Waals surface area (Å²) in [6.45, 7) is -0.215. The molecule has 4 aromatic rings. The normalized spacial score (nSPS) is 20.8. The van der Waals surface area contributed by atoms with Crippen molar-refractivity contribution in [1.82, 2.24) is 4.90 Å². The molecule has 1 aliphatic carbocycles. The molecule has 0 radical (unpaired) electrons. The van der Waals surface area contributed by atoms with Gasteiger partial charge in [-0.15, -0.1) is 0 Å². The summed E-state index contributed by atoms with van der Waals surface area (Å²) in [5, 5.41) is 0.502. The van der Waals surface area contributed by atoms with Crippen molar-refractivity contribution in [2.75, 3.05) is 56.5 Å². The van der Waals surface area contributed by atoms with Crippen LogP contribution in [0.25, 0.3) is 33.1 Å². The highest BCUT2D eigenvalue weighted by Crippen LogP contribution is 2.62. The summed E-state index contributed by atoms with van der Waals surface area (Å²) in [5.41, 5.74) is 1.84. The fourth-order valence-electron chi connectivity index (χ4n) is 7.05. The second-order valence-corrected chi connectivity index (χ2v) is 11.5. The first-order valence-electron chi connectivity index (χ1n) is 14.6. The van der Waals surface area contributed by atoms with Crippen LogP contribution in [0.1, 0.15) is 45.4 Å². The molecule has 4 atom stereocenters. The van der Waals surface area contributed by atoms with Crippen molar-refractivity contribution in [3.05, 3.63) is 55.7 Å². The lowest BCUT2D eigenvalue weighted by molar-refractivity contribution is -0.122. The van der Waals surface area contributed by atoms with Gasteiger partial charge in [-0.3, -0.25) is 9.59 Å². The first kappa shape index (κ1) is 31.8. The number of benzene rings is 3. The first-order valence-corrected chi connectivity index (χ1v) is 15.0. The fraction of sp³-hybridized carbons (Fsp3) is 0.364. The van der Waals surface area contributed by atoms with E-state index in [-0.39, 0.29) is 67.9 Å². The van der Waals surface area contributed by atoms with E-state index in [1.165, 1.54) is 66.7 Å². The molecule has 0 N–H and O–H groups in total. The number of rotatable bonds is 6. The number of fused-ring (bicyclic) bond motifs is 6. The highest BCUT2D eigenvalue weighted by Gasteiger charge is 2.50. The molecule has 7 rings (SSSR count). The molecule has 3 heterocycles. The molecule has 2 aliphatic heterocycles. The molecule has 3 aromatic carbocycles. The monoisotopic (exact) mass is 683 g/mol. The minimum Gasteiger partial charge on any atom is -0.495 e. The number of carbonyl (C=O) groups is 2. The topological polar surface area (TPSA) is 151 Å². The van der Waals surface area contributed by atoms with Gasteiger partial charge in [0.1, 0.15) is 29.1 Å². The zero-order valence-corrected chi connectivity index (χ0v) is 27.6. The maximum atomic E-state index is 14.3. The lowest BCUT2D eigenvalue weighted by Gasteiger charge is -2.42. The summed E-state index contributed by atoms with van der Waals surface area (Å²) in [4.78, 5) is 42.1. The Kier molecular flexibility index (Phi) is 7.78. The third kappa shape index (κ3) is 4.19. The van der Waals surface area contributed by atoms with Gasteiger partial charge >= 0.3 is 6.16 Å². The van der Waals surface area contributed by atoms with E-state index in [0.717, 1.165) is 0 Å². The minimum absolute atomic E-state index is 0.0696. The molecule has 1 aromatic heterocycles. The molecule has 15 heteroatoms. The molecule has 0 bridgehead atoms. The Balaban J connectivity index is 1.65. The second kappa shape index (κ2) is 11.7. The van der Waals surface area contributed by atoms with Gasteiger partial charge < -0.3 is 51.9 Å². The molecule has 1 amide bonds. The van der Waals surface area contributed by atoms with Crippen molar-refractivity contribution in [2.24, 2.45) is 0 Å². The minimum atomic E-state index is -1.12. The first-order chi connectivity index (χ1) is 23.2. The van der Waals surface area contributed by atoms with Gasteiger partial charge in [0.15, 0.2) is 41.8 Å². The second-order valence-electron chi connectivity index (χ2n) is 11.1. The van der Waals surface area contributed by atoms with Crippen molar-refractivity contribution >= 4 is 45.6 Å². The Bertz CT molecular complexity index is 2090. The van der Waals surface area contributed by atoms with Crippen molar-refractivity contribution in [3.8, 4) is 34.1 Å². The highest BCUT2D eigenvalue weighted by molar-refractivity contribution is 6.33. The average molecular weight is 684 g/mol. The Hall–Kier alpha value is -4.76. The number of methoxy groups -OCH3 is 6. The smallest absolute Gasteiger partial charge is 0.495 e. The van der Waals surface area contributed by atoms with Crippen molar-refractivity contribution in [1.29, 1.82) is 0 Å². The molecule has 0 saturated heterocycles. The summed E-state index contributed by atoms with van der Waals surface area (Å²) in [7, 11) is 9.82. The van der Waals surface area contributed by atoms with E-state index >= 15 is 0 Å². The van der Waals surface area contributed by atoms with E-state index in [1.807, 2.05) is 0 Å². The molecule has 3 aliphatic rings. The molecule has 0 saturated carbocycles. The molecule has 14 nitrogen and oxygen atoms in total. The highest BCUT2D eigenvalue weighted by atomic mass is 35.5. The SMILES string of the molecule is COC(=O)OC1c2cc3c(c(OC)c2C(=O)N(C)C1OC)-c1c2c(c4oc5c(OC)c(Cl)ccc5c(=O)c4c1OC)OCOC2C3OC. The third-order valence-electron chi connectivity index (χ3n) is 9.03. The van der Waals surface area contributed by atoms with Crippen LogP contribution >= 0.6 is 11.6 Å². The summed E-state index contributed by atoms with van der Waals surface area (Å²) in [6, 6.07) is 4.76. The van der Waals surface area contributed by atoms with Crippen LogP contribution in [0.5, 0.6) is 23.0 Å². The zero-order chi connectivity index (χ0) is 34.2. The van der Waals surface area contributed by atoms with Crippen molar-refractivity contribution in [3.63, 3.8) is 0 Å². The molecule has 0 fully saturated rings. The lowest BCUT2D eigenvalue weighted by atomic mass is 9.76. The van der Waals surface area contributed by atoms with Crippen LogP contribution in [0.2, 0.25) is 5.02 Å². The van der Waals surface area contributed by atoms with Gasteiger partial charge in [-0.1, -0.05) is 11.6 Å². The van der Waals surface area contributed by atoms with E-state index in [2.05, 4.69) is 0 Å². The van der Waals surface area contributed by atoms with E-state index in [1.54, 1.807) is 6.07 Å². The van der Waals surface area contributed by atoms with E-state index < -0.39 is 42.0 Å². The number of hydrogen-bond donors (Lipinski definition) is 0. The van der Waals surface area contributed by atoms with Gasteiger partial charge in [-0.05, 0) is 23.8 Å². The predicted octanol–water partition coefficient (Wildman–Crippen LogP) is 5.28. The van der Waals surface area contributed by atoms with Gasteiger partial charge in [0.2, 0.25) is 5.43 Å². The van der Waals surface area contributed by atoms with Crippen LogP contribution in [-0.4, -0.2) is 79.7 Å². The fourth-order valence-corrected chi connectivity index (χ4v) is 7.28. The number of carbonyl (C=O) groups excluding carboxylic acids is 2. The Morgan fingerprint density at radius 2 is 1.58 bits per heavy atom. The standard InChI is InChI=1S/C33H30ClNO13/c1-35-31(37)17-14(24(32(35)43-6)48-33(38)44-7)10-13-16(26(17)41-4)18-19-28(22(13)39-2)45-11-46-29(19)30-20(27(18)42-5)21(36)12-8-9-15(34)25(40-3)23(12)47-30/h8-10,22,24,28,32H,11H2,1-7H3. The Labute approximate surface area is 277 Å². The largest absolute Gasteiger partial charge is 0.508 e. The van der Waals surface area contributed by atoms with Crippen molar-refractivity contribution < 1.29 is 56.6 Å². The van der Waals surface area contributed by atoms with Crippen LogP contribution < -0.4 is 24.4 Å². The zero-order valence-electron chi connectivity index (χ0n) is 26.9. The Morgan fingerprint density at radius 3 is 2.23 bits per heavy atom. The average Bonchev–Trinajstić information content (AvgIpc) is 3.09. The third-order valence-corrected chi connectivity index (χ3v) is 9.33. The van der Waals surface area contributed by atoms with Crippen LogP contribution in [-0.2, 0) is 23.7 Å². The predicted molar refractivity (Wildman–Crippen MR) is 168 cm³/mol. The number of halogens is 1. The summed E-state index contributed by atoms with van der Waals surface area (Å²) in [5.74, 6) is 0.134. The van der Waals surface area contributed by atoms with Gasteiger partial charge in [0, 0.05) is 43.5 Å². The summed E-state index contributed by atoms with van der Waals surface area (Å²) < 4.78 is 58.3. The number of hydrogen-bond acceptors (Lipinski definition) is 13. The van der Waals surface area contributed by atoms with E-state index in [0.29, 0.717) is 22.3 Å². The lowest BCUT2D eigenvalue weighted by Crippen LogP contribution is -2.48. The molecular formula is C33H30ClNO13. The quantitative estimate of drug-likeness (QED) is 0.192. The molecular weight excluding hydrogens is 654 g/mol. The summed E-state index contributed by atoms with van der Waals surface area (Å²) in [6.07, 6.45) is -4.74. The van der Waals surface area contributed by atoms with Gasteiger partial charge in [-0.2, -0.15) is 0 Å². The van der Waals surface area contributed by atoms with Crippen molar-refractivity contribution in [2.45, 2.75) is 24.5 Å². The number of ether oxygens (including phenoxy) is 9. The molecule has 48 heavy (non-hydrogen) atoms. The number of likely N-dealkylation sites (N-methyl/N-ethyl adjacent to an activating group) is 1. The summed E-state index contributed by atoms with van der Waals surface area (Å²) >= 11 is 6.39. The number of amides is 1. The Morgan fingerprint density at radius 1 is 0.875 bits per heavy atom. The van der Waals surface area contributed by atoms with Gasteiger partial charge in [0.25, 0.3) is 5.91 Å².